The van der Waals surface area contributed by atoms with Crippen molar-refractivity contribution < 1.29 is 9.90 Å². The Labute approximate surface area is 171 Å². The van der Waals surface area contributed by atoms with Crippen molar-refractivity contribution >= 4 is 11.6 Å². The number of nitrogens with zero attached hydrogens (tertiary/aromatic N) is 2. The number of phenolic OH excluding ortho intramolecular Hbond substituents is 1. The number of pyridine rings is 1. The van der Waals surface area contributed by atoms with E-state index >= 15 is 0 Å². The number of benzene rings is 1. The number of aromatic hydroxyl groups is 1. The summed E-state index contributed by atoms with van der Waals surface area (Å²) in [4.78, 5) is 16.4. The maximum atomic E-state index is 12.4. The van der Waals surface area contributed by atoms with E-state index in [4.69, 9.17) is 0 Å². The maximum Gasteiger partial charge on any atom is 0.272 e. The molecule has 5 heteroatoms. The summed E-state index contributed by atoms with van der Waals surface area (Å²) in [7, 11) is 0. The molecule has 150 valence electrons. The van der Waals surface area contributed by atoms with Gasteiger partial charge in [0.1, 0.15) is 5.75 Å². The van der Waals surface area contributed by atoms with Crippen LogP contribution in [0.15, 0.2) is 47.8 Å². The Bertz CT molecular complexity index is 971. The number of hydrazone groups is 1. The minimum Gasteiger partial charge on any atom is -0.508 e. The highest BCUT2D eigenvalue weighted by Gasteiger charge is 2.53. The predicted molar refractivity (Wildman–Crippen MR) is 112 cm³/mol. The molecule has 1 aromatic heterocycles. The van der Waals surface area contributed by atoms with Crippen LogP contribution in [0.3, 0.4) is 0 Å². The van der Waals surface area contributed by atoms with Crippen LogP contribution >= 0.6 is 0 Å². The molecule has 1 aromatic carbocycles. The second-order valence-corrected chi connectivity index (χ2v) is 9.03. The van der Waals surface area contributed by atoms with E-state index < -0.39 is 0 Å². The second-order valence-electron chi connectivity index (χ2n) is 9.03. The Kier molecular flexibility index (Phi) is 4.41. The van der Waals surface area contributed by atoms with Crippen LogP contribution in [0, 0.1) is 17.3 Å². The van der Waals surface area contributed by atoms with Gasteiger partial charge in [-0.1, -0.05) is 13.0 Å². The normalized spacial score (nSPS) is 31.6. The van der Waals surface area contributed by atoms with Crippen LogP contribution in [0.5, 0.6) is 5.75 Å². The van der Waals surface area contributed by atoms with Crippen LogP contribution in [0.4, 0.5) is 0 Å². The first kappa shape index (κ1) is 18.3. The average molecular weight is 389 g/mol. The monoisotopic (exact) mass is 389 g/mol. The molecule has 0 bridgehead atoms. The van der Waals surface area contributed by atoms with E-state index in [1.165, 1.54) is 17.5 Å². The number of amides is 1. The number of carbonyl (C=O) groups excluding carboxylic acids is 1. The van der Waals surface area contributed by atoms with Gasteiger partial charge in [0.2, 0.25) is 0 Å². The highest BCUT2D eigenvalue weighted by atomic mass is 16.3. The standard InChI is InChI=1S/C24H27N3O2/c1-24-11-10-19-18-7-5-17(28)13-15(18)4-6-20(19)21(24)8-9-22(24)26-27-23(29)16-3-2-12-25-14-16/h2-3,5,7,12-14,19-21,28H,4,6,8-11H2,1H3,(H,27,29)/t19-,20-,21+,24-/m1/s1. The van der Waals surface area contributed by atoms with E-state index in [1.807, 2.05) is 12.1 Å². The number of hydrogen-bond donors (Lipinski definition) is 2. The smallest absolute Gasteiger partial charge is 0.272 e. The van der Waals surface area contributed by atoms with Gasteiger partial charge in [0, 0.05) is 23.5 Å². The molecule has 0 aliphatic heterocycles. The molecule has 3 aliphatic rings. The summed E-state index contributed by atoms with van der Waals surface area (Å²) < 4.78 is 0. The molecule has 1 heterocycles. The average Bonchev–Trinajstić information content (AvgIpc) is 3.08. The summed E-state index contributed by atoms with van der Waals surface area (Å²) in [6.45, 7) is 2.35. The zero-order valence-corrected chi connectivity index (χ0v) is 16.8. The van der Waals surface area contributed by atoms with Gasteiger partial charge in [0.05, 0.1) is 5.56 Å². The molecule has 1 amide bonds. The first-order valence-corrected chi connectivity index (χ1v) is 10.7. The summed E-state index contributed by atoms with van der Waals surface area (Å²) >= 11 is 0. The Morgan fingerprint density at radius 3 is 2.97 bits per heavy atom. The quantitative estimate of drug-likeness (QED) is 0.746. The van der Waals surface area contributed by atoms with E-state index in [2.05, 4.69) is 28.5 Å². The van der Waals surface area contributed by atoms with Gasteiger partial charge >= 0.3 is 0 Å². The van der Waals surface area contributed by atoms with Gasteiger partial charge < -0.3 is 5.11 Å². The number of fused-ring (bicyclic) bond motifs is 5. The van der Waals surface area contributed by atoms with E-state index in [9.17, 15) is 9.90 Å². The Morgan fingerprint density at radius 2 is 2.14 bits per heavy atom. The lowest BCUT2D eigenvalue weighted by Gasteiger charge is -2.49. The molecule has 2 N–H and O–H groups in total. The molecular weight excluding hydrogens is 362 g/mol. The molecule has 2 fully saturated rings. The van der Waals surface area contributed by atoms with Gasteiger partial charge in [-0.3, -0.25) is 9.78 Å². The van der Waals surface area contributed by atoms with Crippen LogP contribution in [-0.4, -0.2) is 21.7 Å². The third kappa shape index (κ3) is 3.04. The zero-order chi connectivity index (χ0) is 20.0. The van der Waals surface area contributed by atoms with Gasteiger partial charge in [0.25, 0.3) is 5.91 Å². The summed E-state index contributed by atoms with van der Waals surface area (Å²) in [5.74, 6) is 2.03. The molecular formula is C24H27N3O2. The number of phenols is 1. The number of aromatic nitrogens is 1. The van der Waals surface area contributed by atoms with Crippen molar-refractivity contribution in [3.63, 3.8) is 0 Å². The molecule has 0 radical (unpaired) electrons. The Hall–Kier alpha value is -2.69. The van der Waals surface area contributed by atoms with Gasteiger partial charge in [-0.05, 0) is 91.7 Å². The van der Waals surface area contributed by atoms with Crippen molar-refractivity contribution in [3.8, 4) is 5.75 Å². The highest BCUT2D eigenvalue weighted by molar-refractivity contribution is 5.97. The van der Waals surface area contributed by atoms with Crippen molar-refractivity contribution in [1.82, 2.24) is 10.4 Å². The van der Waals surface area contributed by atoms with E-state index in [1.54, 1.807) is 24.5 Å². The first-order chi connectivity index (χ1) is 14.1. The molecule has 5 nitrogen and oxygen atoms in total. The largest absolute Gasteiger partial charge is 0.508 e. The van der Waals surface area contributed by atoms with Crippen LogP contribution < -0.4 is 5.43 Å². The third-order valence-corrected chi connectivity index (χ3v) is 7.67. The fourth-order valence-electron chi connectivity index (χ4n) is 6.22. The molecule has 0 saturated heterocycles. The molecule has 2 aromatic rings. The van der Waals surface area contributed by atoms with Gasteiger partial charge in [-0.15, -0.1) is 0 Å². The van der Waals surface area contributed by atoms with E-state index in [-0.39, 0.29) is 11.3 Å². The van der Waals surface area contributed by atoms with Crippen molar-refractivity contribution in [1.29, 1.82) is 0 Å². The lowest BCUT2D eigenvalue weighted by Crippen LogP contribution is -2.43. The van der Waals surface area contributed by atoms with Crippen LogP contribution in [0.2, 0.25) is 0 Å². The van der Waals surface area contributed by atoms with Crippen molar-refractivity contribution in [3.05, 3.63) is 59.4 Å². The van der Waals surface area contributed by atoms with Crippen LogP contribution in [0.25, 0.3) is 0 Å². The van der Waals surface area contributed by atoms with Crippen LogP contribution in [-0.2, 0) is 6.42 Å². The van der Waals surface area contributed by atoms with Gasteiger partial charge in [-0.25, -0.2) is 5.43 Å². The van der Waals surface area contributed by atoms with Crippen molar-refractivity contribution in [2.24, 2.45) is 22.4 Å². The molecule has 5 rings (SSSR count). The number of nitrogens with one attached hydrogen (secondary N) is 1. The van der Waals surface area contributed by atoms with E-state index in [0.717, 1.165) is 37.8 Å². The molecule has 2 saturated carbocycles. The second kappa shape index (κ2) is 6.97. The van der Waals surface area contributed by atoms with Gasteiger partial charge in [0.15, 0.2) is 0 Å². The van der Waals surface area contributed by atoms with E-state index in [0.29, 0.717) is 29.1 Å². The lowest BCUT2D eigenvalue weighted by molar-refractivity contribution is 0.0930. The minimum atomic E-state index is -0.197. The molecule has 0 unspecified atom stereocenters. The van der Waals surface area contributed by atoms with Gasteiger partial charge in [-0.2, -0.15) is 5.10 Å². The topological polar surface area (TPSA) is 74.6 Å². The first-order valence-electron chi connectivity index (χ1n) is 10.7. The summed E-state index contributed by atoms with van der Waals surface area (Å²) in [5, 5.41) is 14.4. The minimum absolute atomic E-state index is 0.0673. The van der Waals surface area contributed by atoms with Crippen LogP contribution in [0.1, 0.15) is 66.4 Å². The highest BCUT2D eigenvalue weighted by Crippen LogP contribution is 2.59. The fourth-order valence-corrected chi connectivity index (χ4v) is 6.22. The number of rotatable bonds is 2. The Balaban J connectivity index is 1.36. The summed E-state index contributed by atoms with van der Waals surface area (Å²) in [6, 6.07) is 9.45. The summed E-state index contributed by atoms with van der Waals surface area (Å²) in [5.41, 5.74) is 7.29. The van der Waals surface area contributed by atoms with Crippen molar-refractivity contribution in [2.75, 3.05) is 0 Å². The zero-order valence-electron chi connectivity index (χ0n) is 16.8. The fraction of sp³-hybridized carbons (Fsp3) is 0.458. The molecule has 29 heavy (non-hydrogen) atoms. The third-order valence-electron chi connectivity index (χ3n) is 7.67. The number of carbonyl (C=O) groups is 1. The lowest BCUT2D eigenvalue weighted by atomic mass is 9.55. The van der Waals surface area contributed by atoms with Crippen molar-refractivity contribution in [2.45, 2.75) is 51.4 Å². The molecule has 0 spiro atoms. The molecule has 3 aliphatic carbocycles. The summed E-state index contributed by atoms with van der Waals surface area (Å²) in [6.07, 6.45) is 9.79. The number of aryl methyl sites for hydroxylation is 1. The molecule has 4 atom stereocenters. The SMILES string of the molecule is C[C@@]12CC[C@@H]3c4ccc(O)cc4CC[C@H]3[C@@H]1CCC2=NNC(=O)c1cccnc1. The predicted octanol–water partition coefficient (Wildman–Crippen LogP) is 4.43. The number of hydrogen-bond acceptors (Lipinski definition) is 4. The maximum absolute atomic E-state index is 12.4. The Morgan fingerprint density at radius 1 is 1.24 bits per heavy atom.